The van der Waals surface area contributed by atoms with Crippen molar-refractivity contribution in [3.8, 4) is 0 Å². The molecule has 1 aromatic carbocycles. The summed E-state index contributed by atoms with van der Waals surface area (Å²) >= 11 is 1.88. The Morgan fingerprint density at radius 1 is 1.30 bits per heavy atom. The van der Waals surface area contributed by atoms with Crippen LogP contribution in [0.2, 0.25) is 0 Å². The number of carbonyl (C=O) groups is 1. The highest BCUT2D eigenvalue weighted by Gasteiger charge is 2.41. The molecule has 0 atom stereocenters. The Balaban J connectivity index is 2.24. The van der Waals surface area contributed by atoms with Crippen molar-refractivity contribution < 1.29 is 31.1 Å². The van der Waals surface area contributed by atoms with Crippen molar-refractivity contribution in [2.75, 3.05) is 13.2 Å². The normalized spacial score (nSPS) is 17.4. The van der Waals surface area contributed by atoms with Crippen LogP contribution in [0, 0.1) is 3.57 Å². The van der Waals surface area contributed by atoms with Gasteiger partial charge in [0, 0.05) is 3.57 Å². The van der Waals surface area contributed by atoms with Crippen LogP contribution in [-0.2, 0) is 14.8 Å². The predicted octanol–water partition coefficient (Wildman–Crippen LogP) is 1.97. The van der Waals surface area contributed by atoms with Gasteiger partial charge in [0.2, 0.25) is 0 Å². The zero-order chi connectivity index (χ0) is 15.1. The second kappa shape index (κ2) is 5.15. The molecule has 0 spiro atoms. The Morgan fingerprint density at radius 3 is 2.55 bits per heavy atom. The van der Waals surface area contributed by atoms with E-state index in [1.807, 2.05) is 22.6 Å². The summed E-state index contributed by atoms with van der Waals surface area (Å²) in [5, 5.41) is 0. The van der Waals surface area contributed by atoms with Gasteiger partial charge in [-0.15, -0.1) is 13.2 Å². The lowest BCUT2D eigenvalue weighted by Gasteiger charge is -2.15. The SMILES string of the molecule is O=C1c2ccc(I)cc2S(=O)(=O)N1CCOC(F)(F)F. The molecule has 1 heterocycles. The minimum atomic E-state index is -4.87. The molecule has 5 nitrogen and oxygen atoms in total. The average Bonchev–Trinajstić information content (AvgIpc) is 2.48. The number of benzene rings is 1. The Kier molecular flexibility index (Phi) is 3.99. The topological polar surface area (TPSA) is 63.7 Å². The van der Waals surface area contributed by atoms with Crippen molar-refractivity contribution in [1.29, 1.82) is 0 Å². The van der Waals surface area contributed by atoms with Gasteiger partial charge in [0.15, 0.2) is 0 Å². The van der Waals surface area contributed by atoms with Crippen molar-refractivity contribution in [2.24, 2.45) is 0 Å². The van der Waals surface area contributed by atoms with Gasteiger partial charge in [0.1, 0.15) is 4.90 Å². The largest absolute Gasteiger partial charge is 0.522 e. The van der Waals surface area contributed by atoms with E-state index in [1.54, 1.807) is 6.07 Å². The van der Waals surface area contributed by atoms with E-state index in [1.165, 1.54) is 12.1 Å². The number of ether oxygens (including phenoxy) is 1. The van der Waals surface area contributed by atoms with E-state index < -0.39 is 35.4 Å². The molecule has 0 N–H and O–H groups in total. The fourth-order valence-electron chi connectivity index (χ4n) is 1.71. The van der Waals surface area contributed by atoms with E-state index in [2.05, 4.69) is 4.74 Å². The maximum atomic E-state index is 12.1. The number of carbonyl (C=O) groups excluding carboxylic acids is 1. The number of rotatable bonds is 3. The smallest absolute Gasteiger partial charge is 0.290 e. The van der Waals surface area contributed by atoms with Gasteiger partial charge in [0.05, 0.1) is 18.7 Å². The number of hydrogen-bond acceptors (Lipinski definition) is 4. The Labute approximate surface area is 125 Å². The first-order valence-electron chi connectivity index (χ1n) is 5.20. The molecule has 1 aliphatic heterocycles. The zero-order valence-electron chi connectivity index (χ0n) is 9.65. The van der Waals surface area contributed by atoms with Crippen LogP contribution in [0.15, 0.2) is 23.1 Å². The first kappa shape index (κ1) is 15.5. The summed E-state index contributed by atoms with van der Waals surface area (Å²) < 4.78 is 64.2. The lowest BCUT2D eigenvalue weighted by Crippen LogP contribution is -2.34. The number of fused-ring (bicyclic) bond motifs is 1. The van der Waals surface area contributed by atoms with E-state index in [9.17, 15) is 26.4 Å². The molecule has 0 aromatic heterocycles. The molecule has 0 aliphatic carbocycles. The summed E-state index contributed by atoms with van der Waals surface area (Å²) in [4.78, 5) is 11.7. The molecule has 10 heteroatoms. The van der Waals surface area contributed by atoms with E-state index in [0.717, 1.165) is 0 Å². The van der Waals surface area contributed by atoms with Crippen molar-refractivity contribution in [3.05, 3.63) is 27.3 Å². The average molecular weight is 421 g/mol. The maximum Gasteiger partial charge on any atom is 0.522 e. The Bertz CT molecular complexity index is 659. The molecule has 0 saturated heterocycles. The quantitative estimate of drug-likeness (QED) is 0.701. The fraction of sp³-hybridized carbons (Fsp3) is 0.300. The first-order chi connectivity index (χ1) is 9.13. The van der Waals surface area contributed by atoms with Crippen LogP contribution >= 0.6 is 22.6 Å². The molecular weight excluding hydrogens is 414 g/mol. The summed E-state index contributed by atoms with van der Waals surface area (Å²) in [5.74, 6) is -0.845. The van der Waals surface area contributed by atoms with Crippen LogP contribution < -0.4 is 0 Å². The molecule has 0 radical (unpaired) electrons. The molecule has 0 fully saturated rings. The number of nitrogens with zero attached hydrogens (tertiary/aromatic N) is 1. The van der Waals surface area contributed by atoms with Crippen molar-refractivity contribution in [1.82, 2.24) is 4.31 Å². The zero-order valence-corrected chi connectivity index (χ0v) is 12.6. The first-order valence-corrected chi connectivity index (χ1v) is 7.72. The summed E-state index contributed by atoms with van der Waals surface area (Å²) in [6, 6.07) is 4.18. The summed E-state index contributed by atoms with van der Waals surface area (Å²) in [5.41, 5.74) is -0.0441. The molecule has 1 aromatic rings. The summed E-state index contributed by atoms with van der Waals surface area (Å²) in [6.07, 6.45) is -4.87. The van der Waals surface area contributed by atoms with Crippen LogP contribution in [0.4, 0.5) is 13.2 Å². The van der Waals surface area contributed by atoms with Crippen LogP contribution in [0.25, 0.3) is 0 Å². The fourth-order valence-corrected chi connectivity index (χ4v) is 4.00. The second-order valence-electron chi connectivity index (χ2n) is 3.82. The molecule has 110 valence electrons. The summed E-state index contributed by atoms with van der Waals surface area (Å²) in [6.45, 7) is -1.63. The van der Waals surface area contributed by atoms with Gasteiger partial charge in [-0.3, -0.25) is 9.53 Å². The van der Waals surface area contributed by atoms with E-state index in [-0.39, 0.29) is 10.5 Å². The highest BCUT2D eigenvalue weighted by atomic mass is 127. The predicted molar refractivity (Wildman–Crippen MR) is 69.4 cm³/mol. The van der Waals surface area contributed by atoms with Crippen molar-refractivity contribution >= 4 is 38.5 Å². The highest BCUT2D eigenvalue weighted by Crippen LogP contribution is 2.31. The minimum absolute atomic E-state index is 0.0441. The van der Waals surface area contributed by atoms with Gasteiger partial charge >= 0.3 is 6.36 Å². The third-order valence-corrected chi connectivity index (χ3v) is 5.02. The van der Waals surface area contributed by atoms with E-state index in [4.69, 9.17) is 0 Å². The maximum absolute atomic E-state index is 12.1. The van der Waals surface area contributed by atoms with E-state index in [0.29, 0.717) is 7.88 Å². The molecule has 20 heavy (non-hydrogen) atoms. The lowest BCUT2D eigenvalue weighted by molar-refractivity contribution is -0.324. The minimum Gasteiger partial charge on any atom is -0.290 e. The second-order valence-corrected chi connectivity index (χ2v) is 6.89. The van der Waals surface area contributed by atoms with Crippen molar-refractivity contribution in [2.45, 2.75) is 11.3 Å². The monoisotopic (exact) mass is 421 g/mol. The van der Waals surface area contributed by atoms with E-state index >= 15 is 0 Å². The van der Waals surface area contributed by atoms with Gasteiger partial charge < -0.3 is 0 Å². The van der Waals surface area contributed by atoms with Crippen LogP contribution in [0.3, 0.4) is 0 Å². The van der Waals surface area contributed by atoms with Gasteiger partial charge in [-0.1, -0.05) is 0 Å². The molecule has 2 rings (SSSR count). The third kappa shape index (κ3) is 2.91. The van der Waals surface area contributed by atoms with Gasteiger partial charge in [-0.2, -0.15) is 0 Å². The molecular formula is C10H7F3INO4S. The lowest BCUT2D eigenvalue weighted by atomic mass is 10.2. The molecule has 1 aliphatic rings. The summed E-state index contributed by atoms with van der Waals surface area (Å²) in [7, 11) is -4.10. The standard InChI is InChI=1S/C10H7F3INO4S/c11-10(12,13)19-4-3-15-9(16)7-2-1-6(14)5-8(7)20(15,17)18/h1-2,5H,3-4H2. The highest BCUT2D eigenvalue weighted by molar-refractivity contribution is 14.1. The molecule has 1 amide bonds. The number of alkyl halides is 3. The number of amides is 1. The Morgan fingerprint density at radius 2 is 1.95 bits per heavy atom. The molecule has 0 unspecified atom stereocenters. The van der Waals surface area contributed by atoms with Crippen LogP contribution in [0.1, 0.15) is 10.4 Å². The number of hydrogen-bond donors (Lipinski definition) is 0. The van der Waals surface area contributed by atoms with Gasteiger partial charge in [-0.05, 0) is 40.8 Å². The van der Waals surface area contributed by atoms with Crippen molar-refractivity contribution in [3.63, 3.8) is 0 Å². The third-order valence-electron chi connectivity index (χ3n) is 2.53. The van der Waals surface area contributed by atoms with Gasteiger partial charge in [0.25, 0.3) is 15.9 Å². The molecule has 0 bridgehead atoms. The molecule has 0 saturated carbocycles. The van der Waals surface area contributed by atoms with Crippen LogP contribution in [-0.4, -0.2) is 38.1 Å². The Hall–Kier alpha value is -0.880. The number of halogens is 4. The van der Waals surface area contributed by atoms with Gasteiger partial charge in [-0.25, -0.2) is 12.7 Å². The number of sulfonamides is 1. The van der Waals surface area contributed by atoms with Crippen LogP contribution in [0.5, 0.6) is 0 Å².